The smallest absolute Gasteiger partial charge is 0.181 e. The van der Waals surface area contributed by atoms with E-state index in [2.05, 4.69) is 0 Å². The van der Waals surface area contributed by atoms with Crippen molar-refractivity contribution in [3.8, 4) is 34.5 Å². The molecular weight excluding hydrogens is 340 g/mol. The van der Waals surface area contributed by atoms with Crippen LogP contribution in [-0.2, 0) is 0 Å². The second kappa shape index (κ2) is 6.01. The lowest BCUT2D eigenvalue weighted by molar-refractivity contribution is 0.0552. The lowest BCUT2D eigenvalue weighted by Gasteiger charge is -2.37. The second-order valence-corrected chi connectivity index (χ2v) is 6.07. The molecule has 1 N–H and O–H groups in total. The number of benzene rings is 2. The van der Waals surface area contributed by atoms with E-state index >= 15 is 0 Å². The van der Waals surface area contributed by atoms with Gasteiger partial charge in [-0.3, -0.25) is 4.79 Å². The molecule has 7 heteroatoms. The highest BCUT2D eigenvalue weighted by molar-refractivity contribution is 6.07. The standard InChI is InChI=1S/C19H18O7/c1-22-9-4-11(20)18-15(5-9)26-16-8-25-12-7-14(24-3)13(23-2)6-10(12)17(16)19(18)21/h4-7,16-17,20H,8H2,1-3H3. The predicted molar refractivity (Wildman–Crippen MR) is 91.2 cm³/mol. The number of Topliss-reactive ketones (excluding diaryl/α,β-unsaturated/α-hetero) is 1. The molecule has 2 aliphatic heterocycles. The van der Waals surface area contributed by atoms with E-state index in [1.165, 1.54) is 27.4 Å². The highest BCUT2D eigenvalue weighted by Crippen LogP contribution is 2.48. The zero-order valence-electron chi connectivity index (χ0n) is 14.6. The number of ketones is 1. The van der Waals surface area contributed by atoms with Crippen molar-refractivity contribution in [1.29, 1.82) is 0 Å². The van der Waals surface area contributed by atoms with E-state index in [1.807, 2.05) is 0 Å². The van der Waals surface area contributed by atoms with Gasteiger partial charge in [-0.05, 0) is 6.07 Å². The zero-order chi connectivity index (χ0) is 18.4. The van der Waals surface area contributed by atoms with Crippen LogP contribution in [0.4, 0.5) is 0 Å². The first-order valence-corrected chi connectivity index (χ1v) is 8.08. The fourth-order valence-corrected chi connectivity index (χ4v) is 3.48. The fraction of sp³-hybridized carbons (Fsp3) is 0.316. The number of methoxy groups -OCH3 is 3. The minimum absolute atomic E-state index is 0.148. The van der Waals surface area contributed by atoms with Crippen LogP contribution in [0.3, 0.4) is 0 Å². The van der Waals surface area contributed by atoms with E-state index in [0.717, 1.165) is 0 Å². The van der Waals surface area contributed by atoms with Crippen LogP contribution in [0.25, 0.3) is 0 Å². The summed E-state index contributed by atoms with van der Waals surface area (Å²) in [6.07, 6.45) is -0.507. The molecular formula is C19H18O7. The molecule has 2 heterocycles. The number of hydrogen-bond acceptors (Lipinski definition) is 7. The molecule has 0 radical (unpaired) electrons. The number of aromatic hydroxyl groups is 1. The maximum absolute atomic E-state index is 13.2. The summed E-state index contributed by atoms with van der Waals surface area (Å²) in [5.41, 5.74) is 0.791. The Bertz CT molecular complexity index is 890. The fourth-order valence-electron chi connectivity index (χ4n) is 3.48. The number of phenolic OH excluding ortho intramolecular Hbond substituents is 1. The van der Waals surface area contributed by atoms with E-state index in [9.17, 15) is 9.90 Å². The summed E-state index contributed by atoms with van der Waals surface area (Å²) in [6.45, 7) is 0.205. The van der Waals surface area contributed by atoms with Gasteiger partial charge < -0.3 is 28.8 Å². The van der Waals surface area contributed by atoms with Crippen molar-refractivity contribution in [3.63, 3.8) is 0 Å². The third-order valence-electron chi connectivity index (χ3n) is 4.72. The summed E-state index contributed by atoms with van der Waals surface area (Å²) in [5, 5.41) is 10.3. The molecule has 0 aliphatic carbocycles. The van der Waals surface area contributed by atoms with Gasteiger partial charge in [0.05, 0.1) is 27.2 Å². The van der Waals surface area contributed by atoms with Gasteiger partial charge in [0, 0.05) is 23.8 Å². The lowest BCUT2D eigenvalue weighted by Crippen LogP contribution is -2.43. The van der Waals surface area contributed by atoms with Crippen LogP contribution in [0.1, 0.15) is 21.8 Å². The van der Waals surface area contributed by atoms with E-state index in [4.69, 9.17) is 23.7 Å². The number of ether oxygens (including phenoxy) is 5. The monoisotopic (exact) mass is 358 g/mol. The van der Waals surface area contributed by atoms with Gasteiger partial charge in [-0.1, -0.05) is 0 Å². The molecule has 0 amide bonds. The maximum atomic E-state index is 13.2. The van der Waals surface area contributed by atoms with Gasteiger partial charge in [-0.2, -0.15) is 0 Å². The van der Waals surface area contributed by atoms with Crippen molar-refractivity contribution < 1.29 is 33.6 Å². The summed E-state index contributed by atoms with van der Waals surface area (Å²) >= 11 is 0. The summed E-state index contributed by atoms with van der Waals surface area (Å²) in [5.74, 6) is 1.25. The third-order valence-corrected chi connectivity index (χ3v) is 4.72. The molecule has 2 aromatic carbocycles. The van der Waals surface area contributed by atoms with Crippen molar-refractivity contribution in [2.45, 2.75) is 12.0 Å². The van der Waals surface area contributed by atoms with Gasteiger partial charge >= 0.3 is 0 Å². The Labute approximate surface area is 150 Å². The van der Waals surface area contributed by atoms with Crippen molar-refractivity contribution in [2.75, 3.05) is 27.9 Å². The van der Waals surface area contributed by atoms with Gasteiger partial charge in [0.25, 0.3) is 0 Å². The highest BCUT2D eigenvalue weighted by atomic mass is 16.5. The zero-order valence-corrected chi connectivity index (χ0v) is 14.6. The number of hydrogen-bond donors (Lipinski definition) is 1. The van der Waals surface area contributed by atoms with Gasteiger partial charge in [0.1, 0.15) is 41.3 Å². The molecule has 2 aromatic rings. The molecule has 2 aliphatic rings. The van der Waals surface area contributed by atoms with E-state index < -0.39 is 12.0 Å². The molecule has 2 atom stereocenters. The SMILES string of the molecule is COc1cc(O)c2c(c1)OC1COc3cc(OC)c(OC)cc3C1C2=O. The van der Waals surface area contributed by atoms with Crippen LogP contribution in [0.5, 0.6) is 34.5 Å². The van der Waals surface area contributed by atoms with Crippen LogP contribution >= 0.6 is 0 Å². The van der Waals surface area contributed by atoms with Crippen molar-refractivity contribution >= 4 is 5.78 Å². The summed E-state index contributed by atoms with van der Waals surface area (Å²) < 4.78 is 27.5. The molecule has 0 saturated carbocycles. The first-order valence-electron chi connectivity index (χ1n) is 8.08. The van der Waals surface area contributed by atoms with Gasteiger partial charge in [0.2, 0.25) is 0 Å². The predicted octanol–water partition coefficient (Wildman–Crippen LogP) is 2.54. The van der Waals surface area contributed by atoms with Crippen LogP contribution < -0.4 is 23.7 Å². The quantitative estimate of drug-likeness (QED) is 0.903. The van der Waals surface area contributed by atoms with Gasteiger partial charge in [0.15, 0.2) is 17.3 Å². The maximum Gasteiger partial charge on any atom is 0.181 e. The van der Waals surface area contributed by atoms with Crippen molar-refractivity contribution in [2.24, 2.45) is 0 Å². The molecule has 0 spiro atoms. The number of phenols is 1. The van der Waals surface area contributed by atoms with Crippen molar-refractivity contribution in [3.05, 3.63) is 35.4 Å². The molecule has 2 unspecified atom stereocenters. The molecule has 0 bridgehead atoms. The normalized spacial score (nSPS) is 20.0. The Hall–Kier alpha value is -3.09. The Balaban J connectivity index is 1.84. The summed E-state index contributed by atoms with van der Waals surface area (Å²) in [6, 6.07) is 6.40. The minimum atomic E-state index is -0.606. The Morgan fingerprint density at radius 3 is 2.42 bits per heavy atom. The van der Waals surface area contributed by atoms with Crippen molar-refractivity contribution in [1.82, 2.24) is 0 Å². The Morgan fingerprint density at radius 1 is 1.00 bits per heavy atom. The second-order valence-electron chi connectivity index (χ2n) is 6.07. The first-order chi connectivity index (χ1) is 12.6. The Kier molecular flexibility index (Phi) is 3.79. The highest BCUT2D eigenvalue weighted by Gasteiger charge is 2.45. The largest absolute Gasteiger partial charge is 0.507 e. The molecule has 0 aromatic heterocycles. The Morgan fingerprint density at radius 2 is 1.73 bits per heavy atom. The third kappa shape index (κ3) is 2.31. The van der Waals surface area contributed by atoms with Crippen LogP contribution in [0.15, 0.2) is 24.3 Å². The molecule has 0 saturated heterocycles. The average molecular weight is 358 g/mol. The van der Waals surface area contributed by atoms with Gasteiger partial charge in [-0.15, -0.1) is 0 Å². The van der Waals surface area contributed by atoms with Crippen LogP contribution in [0, 0.1) is 0 Å². The number of carbonyl (C=O) groups is 1. The molecule has 4 rings (SSSR count). The van der Waals surface area contributed by atoms with E-state index in [0.29, 0.717) is 34.3 Å². The van der Waals surface area contributed by atoms with Crippen LogP contribution in [-0.4, -0.2) is 44.9 Å². The molecule has 7 nitrogen and oxygen atoms in total. The van der Waals surface area contributed by atoms with Gasteiger partial charge in [-0.25, -0.2) is 0 Å². The lowest BCUT2D eigenvalue weighted by atomic mass is 9.81. The summed E-state index contributed by atoms with van der Waals surface area (Å²) in [7, 11) is 4.54. The summed E-state index contributed by atoms with van der Waals surface area (Å²) in [4.78, 5) is 13.2. The molecule has 136 valence electrons. The van der Waals surface area contributed by atoms with Crippen LogP contribution in [0.2, 0.25) is 0 Å². The number of rotatable bonds is 3. The van der Waals surface area contributed by atoms with E-state index in [-0.39, 0.29) is 23.7 Å². The topological polar surface area (TPSA) is 83.5 Å². The first kappa shape index (κ1) is 16.4. The average Bonchev–Trinajstić information content (AvgIpc) is 2.65. The van der Waals surface area contributed by atoms with E-state index in [1.54, 1.807) is 18.2 Å². The number of fused-ring (bicyclic) bond motifs is 4. The molecule has 0 fully saturated rings. The number of carbonyl (C=O) groups excluding carboxylic acids is 1. The minimum Gasteiger partial charge on any atom is -0.507 e. The molecule has 26 heavy (non-hydrogen) atoms.